The average Bonchev–Trinajstić information content (AvgIpc) is 2.97. The topological polar surface area (TPSA) is 29.5 Å². The molecule has 0 saturated carbocycles. The van der Waals surface area contributed by atoms with E-state index < -0.39 is 0 Å². The molecule has 1 aliphatic rings. The van der Waals surface area contributed by atoms with Crippen LogP contribution in [0.2, 0.25) is 0 Å². The number of hydrogen-bond acceptors (Lipinski definition) is 4. The third-order valence-corrected chi connectivity index (χ3v) is 6.27. The summed E-state index contributed by atoms with van der Waals surface area (Å²) in [7, 11) is 1.64. The van der Waals surface area contributed by atoms with Crippen molar-refractivity contribution in [3.05, 3.63) is 76.2 Å². The molecular weight excluding hydrogens is 386 g/mol. The van der Waals surface area contributed by atoms with Gasteiger partial charge in [-0.1, -0.05) is 60.4 Å². The van der Waals surface area contributed by atoms with Gasteiger partial charge in [0.1, 0.15) is 5.75 Å². The molecule has 28 heavy (non-hydrogen) atoms. The maximum Gasteiger partial charge on any atom is 0.270 e. The summed E-state index contributed by atoms with van der Waals surface area (Å²) in [6.07, 6.45) is 1.89. The molecule has 1 amide bonds. The first-order chi connectivity index (χ1) is 13.5. The zero-order valence-corrected chi connectivity index (χ0v) is 17.5. The Morgan fingerprint density at radius 2 is 1.82 bits per heavy atom. The zero-order chi connectivity index (χ0) is 19.8. The molecule has 140 valence electrons. The minimum absolute atomic E-state index is 0.103. The van der Waals surface area contributed by atoms with Gasteiger partial charge in [0, 0.05) is 5.56 Å². The summed E-state index contributed by atoms with van der Waals surface area (Å²) in [6.45, 7) is 4.09. The fourth-order valence-electron chi connectivity index (χ4n) is 3.29. The SMILES string of the molecule is COc1ccc2ccccc2c1C=C1SC(=S)N(c2ccc(C)c(C)c2)C1=O. The van der Waals surface area contributed by atoms with Gasteiger partial charge in [-0.25, -0.2) is 0 Å². The number of carbonyl (C=O) groups excluding carboxylic acids is 1. The van der Waals surface area contributed by atoms with Gasteiger partial charge >= 0.3 is 0 Å². The fourth-order valence-corrected chi connectivity index (χ4v) is 4.57. The summed E-state index contributed by atoms with van der Waals surface area (Å²) in [5.41, 5.74) is 4.01. The molecule has 0 aliphatic carbocycles. The Morgan fingerprint density at radius 3 is 2.57 bits per heavy atom. The van der Waals surface area contributed by atoms with Gasteiger partial charge in [0.25, 0.3) is 5.91 Å². The number of rotatable bonds is 3. The summed E-state index contributed by atoms with van der Waals surface area (Å²) in [4.78, 5) is 15.4. The second kappa shape index (κ2) is 7.41. The second-order valence-electron chi connectivity index (χ2n) is 6.69. The number of aryl methyl sites for hydroxylation is 2. The number of hydrogen-bond donors (Lipinski definition) is 0. The summed E-state index contributed by atoms with van der Waals surface area (Å²) >= 11 is 6.84. The van der Waals surface area contributed by atoms with Gasteiger partial charge in [-0.05, 0) is 60.0 Å². The molecule has 0 radical (unpaired) electrons. The van der Waals surface area contributed by atoms with Crippen LogP contribution in [0.25, 0.3) is 16.8 Å². The van der Waals surface area contributed by atoms with Crippen molar-refractivity contribution in [2.24, 2.45) is 0 Å². The van der Waals surface area contributed by atoms with E-state index in [-0.39, 0.29) is 5.91 Å². The van der Waals surface area contributed by atoms with Crippen LogP contribution in [0.3, 0.4) is 0 Å². The summed E-state index contributed by atoms with van der Waals surface area (Å²) in [5.74, 6) is 0.628. The number of carbonyl (C=O) groups is 1. The van der Waals surface area contributed by atoms with Crippen molar-refractivity contribution in [2.75, 3.05) is 12.0 Å². The van der Waals surface area contributed by atoms with E-state index in [0.29, 0.717) is 9.23 Å². The summed E-state index contributed by atoms with van der Waals surface area (Å²) in [5, 5.41) is 2.14. The van der Waals surface area contributed by atoms with Crippen molar-refractivity contribution in [1.82, 2.24) is 0 Å². The smallest absolute Gasteiger partial charge is 0.270 e. The minimum atomic E-state index is -0.103. The Labute approximate surface area is 174 Å². The number of fused-ring (bicyclic) bond motifs is 1. The lowest BCUT2D eigenvalue weighted by atomic mass is 10.0. The molecule has 1 heterocycles. The molecule has 0 atom stereocenters. The number of benzene rings is 3. The van der Waals surface area contributed by atoms with Crippen LogP contribution in [0.15, 0.2) is 59.5 Å². The van der Waals surface area contributed by atoms with Gasteiger partial charge < -0.3 is 4.74 Å². The van der Waals surface area contributed by atoms with Gasteiger partial charge in [-0.15, -0.1) is 0 Å². The number of ether oxygens (including phenoxy) is 1. The van der Waals surface area contributed by atoms with Crippen LogP contribution in [0, 0.1) is 13.8 Å². The minimum Gasteiger partial charge on any atom is -0.496 e. The van der Waals surface area contributed by atoms with E-state index in [1.54, 1.807) is 12.0 Å². The highest BCUT2D eigenvalue weighted by molar-refractivity contribution is 8.27. The fraction of sp³-hybridized carbons (Fsp3) is 0.130. The predicted octanol–water partition coefficient (Wildman–Crippen LogP) is 5.87. The summed E-state index contributed by atoms with van der Waals surface area (Å²) < 4.78 is 6.10. The Bertz CT molecular complexity index is 1150. The van der Waals surface area contributed by atoms with Crippen LogP contribution >= 0.6 is 24.0 Å². The van der Waals surface area contributed by atoms with Crippen LogP contribution in [0.4, 0.5) is 5.69 Å². The van der Waals surface area contributed by atoms with Crippen LogP contribution in [0.5, 0.6) is 5.75 Å². The normalized spacial score (nSPS) is 15.7. The largest absolute Gasteiger partial charge is 0.496 e. The van der Waals surface area contributed by atoms with Crippen molar-refractivity contribution < 1.29 is 9.53 Å². The third kappa shape index (κ3) is 3.21. The molecular formula is C23H19NO2S2. The monoisotopic (exact) mass is 405 g/mol. The maximum absolute atomic E-state index is 13.2. The molecule has 1 fully saturated rings. The first-order valence-corrected chi connectivity index (χ1v) is 10.1. The molecule has 0 unspecified atom stereocenters. The van der Waals surface area contributed by atoms with Crippen molar-refractivity contribution >= 4 is 56.7 Å². The van der Waals surface area contributed by atoms with E-state index in [0.717, 1.165) is 33.3 Å². The standard InChI is InChI=1S/C23H19NO2S2/c1-14-8-10-17(12-15(14)2)24-22(25)21(28-23(24)27)13-19-18-7-5-4-6-16(18)9-11-20(19)26-3/h4-13H,1-3H3. The lowest BCUT2D eigenvalue weighted by Crippen LogP contribution is -2.27. The van der Waals surface area contributed by atoms with Crippen LogP contribution in [-0.2, 0) is 4.79 Å². The van der Waals surface area contributed by atoms with E-state index in [4.69, 9.17) is 17.0 Å². The first-order valence-electron chi connectivity index (χ1n) is 8.90. The number of amides is 1. The van der Waals surface area contributed by atoms with Crippen LogP contribution < -0.4 is 9.64 Å². The molecule has 1 saturated heterocycles. The van der Waals surface area contributed by atoms with Gasteiger partial charge in [0.05, 0.1) is 17.7 Å². The van der Waals surface area contributed by atoms with Crippen molar-refractivity contribution in [3.8, 4) is 5.75 Å². The van der Waals surface area contributed by atoms with Gasteiger partial charge in [0.15, 0.2) is 4.32 Å². The van der Waals surface area contributed by atoms with Crippen molar-refractivity contribution in [2.45, 2.75) is 13.8 Å². The van der Waals surface area contributed by atoms with Crippen molar-refractivity contribution in [3.63, 3.8) is 0 Å². The van der Waals surface area contributed by atoms with Crippen molar-refractivity contribution in [1.29, 1.82) is 0 Å². The van der Waals surface area contributed by atoms with Crippen LogP contribution in [0.1, 0.15) is 16.7 Å². The van der Waals surface area contributed by atoms with E-state index in [1.807, 2.05) is 67.6 Å². The maximum atomic E-state index is 13.2. The predicted molar refractivity (Wildman–Crippen MR) is 122 cm³/mol. The Hall–Kier alpha value is -2.63. The highest BCUT2D eigenvalue weighted by atomic mass is 32.2. The molecule has 3 aromatic rings. The van der Waals surface area contributed by atoms with E-state index in [1.165, 1.54) is 17.3 Å². The Morgan fingerprint density at radius 1 is 1.04 bits per heavy atom. The number of methoxy groups -OCH3 is 1. The molecule has 3 nitrogen and oxygen atoms in total. The molecule has 5 heteroatoms. The average molecular weight is 406 g/mol. The number of thiocarbonyl (C=S) groups is 1. The second-order valence-corrected chi connectivity index (χ2v) is 8.36. The first kappa shape index (κ1) is 18.7. The molecule has 0 N–H and O–H groups in total. The lowest BCUT2D eigenvalue weighted by molar-refractivity contribution is -0.113. The molecule has 4 rings (SSSR count). The number of thioether (sulfide) groups is 1. The Balaban J connectivity index is 1.80. The Kier molecular flexibility index (Phi) is 4.96. The van der Waals surface area contributed by atoms with E-state index in [9.17, 15) is 4.79 Å². The highest BCUT2D eigenvalue weighted by Crippen LogP contribution is 2.39. The van der Waals surface area contributed by atoms with E-state index >= 15 is 0 Å². The van der Waals surface area contributed by atoms with Crippen LogP contribution in [-0.4, -0.2) is 17.3 Å². The molecule has 0 spiro atoms. The van der Waals surface area contributed by atoms with E-state index in [2.05, 4.69) is 6.92 Å². The lowest BCUT2D eigenvalue weighted by Gasteiger charge is -2.16. The quantitative estimate of drug-likeness (QED) is 0.402. The third-order valence-electron chi connectivity index (χ3n) is 4.97. The number of nitrogens with zero attached hydrogens (tertiary/aromatic N) is 1. The molecule has 3 aromatic carbocycles. The van der Waals surface area contributed by atoms with Gasteiger partial charge in [-0.2, -0.15) is 0 Å². The molecule has 0 aromatic heterocycles. The number of anilines is 1. The highest BCUT2D eigenvalue weighted by Gasteiger charge is 2.33. The molecule has 0 bridgehead atoms. The van der Waals surface area contributed by atoms with Gasteiger partial charge in [-0.3, -0.25) is 9.69 Å². The molecule has 1 aliphatic heterocycles. The zero-order valence-electron chi connectivity index (χ0n) is 15.9. The van der Waals surface area contributed by atoms with Gasteiger partial charge in [0.2, 0.25) is 0 Å². The summed E-state index contributed by atoms with van der Waals surface area (Å²) in [6, 6.07) is 18.0.